The number of fused-ring (bicyclic) bond motifs is 1. The molecule has 0 saturated heterocycles. The topological polar surface area (TPSA) is 32.9 Å². The Morgan fingerprint density at radius 1 is 1.16 bits per heavy atom. The standard InChI is InChI=1S/C17H23NO/c1-3-4-5-6-7-11-16(19)15-12-18-17-13(2)9-8-10-14(15)17/h8-10,12,18H,3-7,11H2,1-2H3. The number of Topliss-reactive ketones (excluding diaryl/α,β-unsaturated/α-hetero) is 1. The Morgan fingerprint density at radius 2 is 1.95 bits per heavy atom. The van der Waals surface area contributed by atoms with Gasteiger partial charge in [0.15, 0.2) is 5.78 Å². The van der Waals surface area contributed by atoms with Crippen LogP contribution in [0.1, 0.15) is 61.4 Å². The summed E-state index contributed by atoms with van der Waals surface area (Å²) in [4.78, 5) is 15.5. The maximum absolute atomic E-state index is 12.2. The minimum Gasteiger partial charge on any atom is -0.360 e. The summed E-state index contributed by atoms with van der Waals surface area (Å²) in [5.41, 5.74) is 3.14. The van der Waals surface area contributed by atoms with Gasteiger partial charge in [0.05, 0.1) is 0 Å². The van der Waals surface area contributed by atoms with Crippen molar-refractivity contribution in [2.75, 3.05) is 0 Å². The number of para-hydroxylation sites is 1. The summed E-state index contributed by atoms with van der Waals surface area (Å²) in [7, 11) is 0. The zero-order chi connectivity index (χ0) is 13.7. The molecule has 0 fully saturated rings. The first kappa shape index (κ1) is 13.9. The molecule has 1 N–H and O–H groups in total. The predicted octanol–water partition coefficient (Wildman–Crippen LogP) is 5.02. The number of aromatic nitrogens is 1. The van der Waals surface area contributed by atoms with Gasteiger partial charge < -0.3 is 4.98 Å². The number of hydrogen-bond donors (Lipinski definition) is 1. The molecule has 2 rings (SSSR count). The number of H-pyrrole nitrogens is 1. The molecule has 0 aliphatic carbocycles. The van der Waals surface area contributed by atoms with Gasteiger partial charge in [-0.2, -0.15) is 0 Å². The number of benzene rings is 1. The zero-order valence-corrected chi connectivity index (χ0v) is 12.0. The van der Waals surface area contributed by atoms with Gasteiger partial charge in [0.1, 0.15) is 0 Å². The highest BCUT2D eigenvalue weighted by Crippen LogP contribution is 2.23. The summed E-state index contributed by atoms with van der Waals surface area (Å²) < 4.78 is 0. The van der Waals surface area contributed by atoms with E-state index >= 15 is 0 Å². The maximum Gasteiger partial charge on any atom is 0.165 e. The molecule has 2 heteroatoms. The smallest absolute Gasteiger partial charge is 0.165 e. The van der Waals surface area contributed by atoms with E-state index in [1.165, 1.54) is 31.2 Å². The van der Waals surface area contributed by atoms with Crippen LogP contribution in [-0.4, -0.2) is 10.8 Å². The summed E-state index contributed by atoms with van der Waals surface area (Å²) in [5.74, 6) is 0.272. The fraction of sp³-hybridized carbons (Fsp3) is 0.471. The largest absolute Gasteiger partial charge is 0.360 e. The summed E-state index contributed by atoms with van der Waals surface area (Å²) in [6, 6.07) is 6.12. The van der Waals surface area contributed by atoms with E-state index in [1.54, 1.807) is 0 Å². The number of carbonyl (C=O) groups is 1. The number of rotatable bonds is 7. The first-order valence-corrected chi connectivity index (χ1v) is 7.34. The highest BCUT2D eigenvalue weighted by atomic mass is 16.1. The Morgan fingerprint density at radius 3 is 2.74 bits per heavy atom. The van der Waals surface area contributed by atoms with Crippen LogP contribution in [0.15, 0.2) is 24.4 Å². The number of aromatic amines is 1. The SMILES string of the molecule is CCCCCCCC(=O)c1c[nH]c2c(C)cccc12. The van der Waals surface area contributed by atoms with E-state index in [9.17, 15) is 4.79 Å². The first-order valence-electron chi connectivity index (χ1n) is 7.34. The van der Waals surface area contributed by atoms with Crippen molar-refractivity contribution in [3.05, 3.63) is 35.5 Å². The zero-order valence-electron chi connectivity index (χ0n) is 12.0. The molecule has 0 aliphatic rings. The van der Waals surface area contributed by atoms with Crippen LogP contribution >= 0.6 is 0 Å². The Kier molecular flexibility index (Phi) is 4.78. The average Bonchev–Trinajstić information content (AvgIpc) is 2.84. The van der Waals surface area contributed by atoms with Crippen molar-refractivity contribution in [2.24, 2.45) is 0 Å². The molecular weight excluding hydrogens is 234 g/mol. The van der Waals surface area contributed by atoms with E-state index < -0.39 is 0 Å². The third kappa shape index (κ3) is 3.25. The number of aryl methyl sites for hydroxylation is 1. The lowest BCUT2D eigenvalue weighted by molar-refractivity contribution is 0.0981. The molecule has 1 heterocycles. The van der Waals surface area contributed by atoms with Crippen molar-refractivity contribution in [3.63, 3.8) is 0 Å². The summed E-state index contributed by atoms with van der Waals surface area (Å²) in [6.07, 6.45) is 8.49. The molecule has 0 bridgehead atoms. The van der Waals surface area contributed by atoms with Crippen LogP contribution < -0.4 is 0 Å². The summed E-state index contributed by atoms with van der Waals surface area (Å²) in [6.45, 7) is 4.28. The predicted molar refractivity (Wildman–Crippen MR) is 80.7 cm³/mol. The van der Waals surface area contributed by atoms with Crippen LogP contribution in [0.4, 0.5) is 0 Å². The number of ketones is 1. The average molecular weight is 257 g/mol. The molecule has 1 aromatic carbocycles. The molecule has 0 unspecified atom stereocenters. The van der Waals surface area contributed by atoms with Crippen LogP contribution in [0.2, 0.25) is 0 Å². The van der Waals surface area contributed by atoms with Gasteiger partial charge in [-0.3, -0.25) is 4.79 Å². The highest BCUT2D eigenvalue weighted by Gasteiger charge is 2.12. The lowest BCUT2D eigenvalue weighted by Crippen LogP contribution is -1.97. The molecule has 102 valence electrons. The van der Waals surface area contributed by atoms with Crippen molar-refractivity contribution in [1.29, 1.82) is 0 Å². The Bertz CT molecular complexity index is 553. The number of unbranched alkanes of at least 4 members (excludes halogenated alkanes) is 4. The van der Waals surface area contributed by atoms with Crippen LogP contribution in [0.5, 0.6) is 0 Å². The lowest BCUT2D eigenvalue weighted by Gasteiger charge is -2.01. The number of nitrogens with one attached hydrogen (secondary N) is 1. The Hall–Kier alpha value is -1.57. The fourth-order valence-electron chi connectivity index (χ4n) is 2.56. The second-order valence-electron chi connectivity index (χ2n) is 5.29. The molecule has 0 radical (unpaired) electrons. The minimum absolute atomic E-state index is 0.272. The second kappa shape index (κ2) is 6.55. The maximum atomic E-state index is 12.2. The van der Waals surface area contributed by atoms with E-state index in [0.717, 1.165) is 22.9 Å². The molecule has 0 atom stereocenters. The van der Waals surface area contributed by atoms with Crippen LogP contribution in [-0.2, 0) is 0 Å². The van der Waals surface area contributed by atoms with E-state index in [2.05, 4.69) is 24.9 Å². The van der Waals surface area contributed by atoms with Gasteiger partial charge in [-0.1, -0.05) is 50.8 Å². The van der Waals surface area contributed by atoms with E-state index in [4.69, 9.17) is 0 Å². The Balaban J connectivity index is 2.00. The quantitative estimate of drug-likeness (QED) is 0.548. The van der Waals surface area contributed by atoms with E-state index in [0.29, 0.717) is 6.42 Å². The third-order valence-electron chi connectivity index (χ3n) is 3.73. The van der Waals surface area contributed by atoms with Crippen molar-refractivity contribution in [2.45, 2.75) is 52.4 Å². The van der Waals surface area contributed by atoms with Gasteiger partial charge in [0.25, 0.3) is 0 Å². The van der Waals surface area contributed by atoms with Gasteiger partial charge in [-0.25, -0.2) is 0 Å². The minimum atomic E-state index is 0.272. The molecule has 2 aromatic rings. The third-order valence-corrected chi connectivity index (χ3v) is 3.73. The van der Waals surface area contributed by atoms with Crippen molar-refractivity contribution in [1.82, 2.24) is 4.98 Å². The van der Waals surface area contributed by atoms with E-state index in [1.807, 2.05) is 18.3 Å². The fourth-order valence-corrected chi connectivity index (χ4v) is 2.56. The molecule has 0 spiro atoms. The highest BCUT2D eigenvalue weighted by molar-refractivity contribution is 6.08. The molecule has 0 aliphatic heterocycles. The van der Waals surface area contributed by atoms with Gasteiger partial charge in [-0.05, 0) is 18.9 Å². The van der Waals surface area contributed by atoms with Crippen molar-refractivity contribution in [3.8, 4) is 0 Å². The monoisotopic (exact) mass is 257 g/mol. The first-order chi connectivity index (χ1) is 9.24. The van der Waals surface area contributed by atoms with Crippen LogP contribution in [0.25, 0.3) is 10.9 Å². The van der Waals surface area contributed by atoms with E-state index in [-0.39, 0.29) is 5.78 Å². The Labute approximate surface area is 115 Å². The number of carbonyl (C=O) groups excluding carboxylic acids is 1. The molecule has 19 heavy (non-hydrogen) atoms. The second-order valence-corrected chi connectivity index (χ2v) is 5.29. The van der Waals surface area contributed by atoms with Crippen molar-refractivity contribution < 1.29 is 4.79 Å². The molecule has 2 nitrogen and oxygen atoms in total. The lowest BCUT2D eigenvalue weighted by atomic mass is 10.0. The number of hydrogen-bond acceptors (Lipinski definition) is 1. The van der Waals surface area contributed by atoms with Gasteiger partial charge >= 0.3 is 0 Å². The van der Waals surface area contributed by atoms with Gasteiger partial charge in [-0.15, -0.1) is 0 Å². The summed E-state index contributed by atoms with van der Waals surface area (Å²) >= 11 is 0. The van der Waals surface area contributed by atoms with Gasteiger partial charge in [0, 0.05) is 29.1 Å². The molecule has 1 aromatic heterocycles. The van der Waals surface area contributed by atoms with Crippen LogP contribution in [0.3, 0.4) is 0 Å². The van der Waals surface area contributed by atoms with Crippen LogP contribution in [0, 0.1) is 6.92 Å². The van der Waals surface area contributed by atoms with Crippen molar-refractivity contribution >= 4 is 16.7 Å². The van der Waals surface area contributed by atoms with Gasteiger partial charge in [0.2, 0.25) is 0 Å². The molecule has 0 saturated carbocycles. The summed E-state index contributed by atoms with van der Waals surface area (Å²) in [5, 5.41) is 1.07. The normalized spacial score (nSPS) is 11.1. The molecular formula is C17H23NO. The molecule has 0 amide bonds.